The summed E-state index contributed by atoms with van der Waals surface area (Å²) in [6.45, 7) is 4.81. The van der Waals surface area contributed by atoms with Crippen molar-refractivity contribution in [2.45, 2.75) is 11.8 Å². The van der Waals surface area contributed by atoms with Crippen molar-refractivity contribution in [1.82, 2.24) is 18.9 Å². The van der Waals surface area contributed by atoms with Crippen LogP contribution in [0, 0.1) is 18.8 Å². The van der Waals surface area contributed by atoms with E-state index < -0.39 is 10.0 Å². The van der Waals surface area contributed by atoms with Crippen molar-refractivity contribution in [2.24, 2.45) is 11.8 Å². The zero-order valence-corrected chi connectivity index (χ0v) is 15.9. The molecule has 0 aliphatic carbocycles. The minimum atomic E-state index is -3.41. The number of fused-ring (bicyclic) bond motifs is 2. The van der Waals surface area contributed by atoms with E-state index in [4.69, 9.17) is 0 Å². The zero-order chi connectivity index (χ0) is 18.6. The molecular formula is C19H21N5O2S. The van der Waals surface area contributed by atoms with E-state index in [9.17, 15) is 8.42 Å². The molecule has 2 saturated heterocycles. The number of aromatic nitrogens is 3. The zero-order valence-electron chi connectivity index (χ0n) is 15.1. The van der Waals surface area contributed by atoms with E-state index in [0.29, 0.717) is 29.8 Å². The van der Waals surface area contributed by atoms with Crippen LogP contribution in [0.25, 0.3) is 5.65 Å². The normalized spacial score (nSPS) is 23.2. The summed E-state index contributed by atoms with van der Waals surface area (Å²) in [5.74, 6) is 1.71. The minimum Gasteiger partial charge on any atom is -0.356 e. The molecular weight excluding hydrogens is 362 g/mol. The number of aryl methyl sites for hydroxylation is 1. The van der Waals surface area contributed by atoms with Crippen molar-refractivity contribution in [3.63, 3.8) is 0 Å². The molecule has 3 aromatic rings. The van der Waals surface area contributed by atoms with Gasteiger partial charge in [-0.15, -0.1) is 0 Å². The first-order chi connectivity index (χ1) is 13.0. The molecule has 5 rings (SSSR count). The molecule has 0 radical (unpaired) electrons. The molecule has 2 fully saturated rings. The van der Waals surface area contributed by atoms with E-state index in [1.54, 1.807) is 34.8 Å². The van der Waals surface area contributed by atoms with Crippen molar-refractivity contribution in [2.75, 3.05) is 31.1 Å². The van der Waals surface area contributed by atoms with Gasteiger partial charge in [0.15, 0.2) is 5.65 Å². The highest BCUT2D eigenvalue weighted by molar-refractivity contribution is 7.89. The van der Waals surface area contributed by atoms with Gasteiger partial charge >= 0.3 is 0 Å². The van der Waals surface area contributed by atoms with Crippen LogP contribution in [-0.4, -0.2) is 53.5 Å². The Morgan fingerprint density at radius 3 is 2.41 bits per heavy atom. The number of hydrogen-bond acceptors (Lipinski definition) is 5. The van der Waals surface area contributed by atoms with Crippen molar-refractivity contribution < 1.29 is 8.42 Å². The average Bonchev–Trinajstić information content (AvgIpc) is 3.36. The number of benzene rings is 1. The third kappa shape index (κ3) is 2.71. The third-order valence-electron chi connectivity index (χ3n) is 5.63. The Balaban J connectivity index is 1.37. The summed E-state index contributed by atoms with van der Waals surface area (Å²) in [7, 11) is -3.41. The van der Waals surface area contributed by atoms with Gasteiger partial charge in [0.2, 0.25) is 10.0 Å². The summed E-state index contributed by atoms with van der Waals surface area (Å²) in [5, 5.41) is 4.40. The Bertz CT molecular complexity index is 1080. The van der Waals surface area contributed by atoms with Crippen molar-refractivity contribution >= 4 is 21.5 Å². The third-order valence-corrected chi connectivity index (χ3v) is 7.47. The molecule has 0 bridgehead atoms. The second-order valence-corrected chi connectivity index (χ2v) is 9.36. The lowest BCUT2D eigenvalue weighted by atomic mass is 10.0. The Morgan fingerprint density at radius 2 is 1.70 bits per heavy atom. The molecule has 2 unspecified atom stereocenters. The number of hydrogen-bond donors (Lipinski definition) is 0. The van der Waals surface area contributed by atoms with Crippen LogP contribution in [0.1, 0.15) is 5.69 Å². The highest BCUT2D eigenvalue weighted by Gasteiger charge is 2.44. The van der Waals surface area contributed by atoms with Crippen LogP contribution in [0.5, 0.6) is 0 Å². The van der Waals surface area contributed by atoms with Gasteiger partial charge in [0.1, 0.15) is 5.82 Å². The van der Waals surface area contributed by atoms with Crippen molar-refractivity contribution in [3.8, 4) is 0 Å². The maximum Gasteiger partial charge on any atom is 0.243 e. The predicted octanol–water partition coefficient (Wildman–Crippen LogP) is 1.79. The summed E-state index contributed by atoms with van der Waals surface area (Å²) < 4.78 is 29.3. The minimum absolute atomic E-state index is 0.336. The topological polar surface area (TPSA) is 70.8 Å². The molecule has 0 amide bonds. The van der Waals surface area contributed by atoms with E-state index in [2.05, 4.69) is 21.0 Å². The second kappa shape index (κ2) is 6.03. The van der Waals surface area contributed by atoms with Gasteiger partial charge in [0.25, 0.3) is 0 Å². The number of nitrogens with zero attached hydrogens (tertiary/aromatic N) is 5. The van der Waals surface area contributed by atoms with Crippen LogP contribution < -0.4 is 4.90 Å². The van der Waals surface area contributed by atoms with Crippen LogP contribution in [0.15, 0.2) is 53.6 Å². The Kier molecular flexibility index (Phi) is 3.73. The van der Waals surface area contributed by atoms with Crippen LogP contribution in [0.4, 0.5) is 5.82 Å². The van der Waals surface area contributed by atoms with Crippen LogP contribution in [0.2, 0.25) is 0 Å². The van der Waals surface area contributed by atoms with Gasteiger partial charge in [0, 0.05) is 44.0 Å². The van der Waals surface area contributed by atoms with E-state index >= 15 is 0 Å². The number of sulfonamides is 1. The van der Waals surface area contributed by atoms with Crippen molar-refractivity contribution in [1.29, 1.82) is 0 Å². The molecule has 0 N–H and O–H groups in total. The lowest BCUT2D eigenvalue weighted by Gasteiger charge is -2.23. The average molecular weight is 383 g/mol. The highest BCUT2D eigenvalue weighted by Crippen LogP contribution is 2.36. The van der Waals surface area contributed by atoms with Gasteiger partial charge in [-0.1, -0.05) is 18.2 Å². The molecule has 2 aromatic heterocycles. The van der Waals surface area contributed by atoms with Gasteiger partial charge in [-0.25, -0.2) is 13.4 Å². The maximum absolute atomic E-state index is 12.9. The largest absolute Gasteiger partial charge is 0.356 e. The monoisotopic (exact) mass is 383 g/mol. The molecule has 1 aromatic carbocycles. The first-order valence-electron chi connectivity index (χ1n) is 9.14. The highest BCUT2D eigenvalue weighted by atomic mass is 32.2. The standard InChI is InChI=1S/C19H21N5O2S/c1-14-9-19(24-18(21-14)7-8-20-24)22-10-15-12-23(13-16(15)11-22)27(25,26)17-5-3-2-4-6-17/h2-9,15-16H,10-13H2,1H3. The van der Waals surface area contributed by atoms with Crippen LogP contribution >= 0.6 is 0 Å². The fraction of sp³-hybridized carbons (Fsp3) is 0.368. The number of anilines is 1. The fourth-order valence-corrected chi connectivity index (χ4v) is 5.89. The number of rotatable bonds is 3. The fourth-order valence-electron chi connectivity index (χ4n) is 4.32. The van der Waals surface area contributed by atoms with E-state index in [1.165, 1.54) is 0 Å². The van der Waals surface area contributed by atoms with E-state index in [1.807, 2.05) is 23.6 Å². The van der Waals surface area contributed by atoms with Crippen LogP contribution in [-0.2, 0) is 10.0 Å². The SMILES string of the molecule is Cc1cc(N2CC3CN(S(=O)(=O)c4ccccc4)CC3C2)n2nccc2n1. The van der Waals surface area contributed by atoms with Gasteiger partial charge in [-0.2, -0.15) is 13.9 Å². The molecule has 2 aliphatic heterocycles. The molecule has 0 saturated carbocycles. The van der Waals surface area contributed by atoms with Crippen LogP contribution in [0.3, 0.4) is 0 Å². The first-order valence-corrected chi connectivity index (χ1v) is 10.6. The van der Waals surface area contributed by atoms with E-state index in [0.717, 1.165) is 30.2 Å². The maximum atomic E-state index is 12.9. The second-order valence-electron chi connectivity index (χ2n) is 7.42. The van der Waals surface area contributed by atoms with Gasteiger partial charge < -0.3 is 4.90 Å². The Morgan fingerprint density at radius 1 is 1.00 bits per heavy atom. The molecule has 2 atom stereocenters. The molecule has 27 heavy (non-hydrogen) atoms. The van der Waals surface area contributed by atoms with Crippen molar-refractivity contribution in [3.05, 3.63) is 54.4 Å². The quantitative estimate of drug-likeness (QED) is 0.690. The smallest absolute Gasteiger partial charge is 0.243 e. The lowest BCUT2D eigenvalue weighted by molar-refractivity contribution is 0.453. The van der Waals surface area contributed by atoms with E-state index in [-0.39, 0.29) is 0 Å². The summed E-state index contributed by atoms with van der Waals surface area (Å²) in [6, 6.07) is 12.7. The summed E-state index contributed by atoms with van der Waals surface area (Å²) in [4.78, 5) is 7.20. The summed E-state index contributed by atoms with van der Waals surface area (Å²) in [5.41, 5.74) is 1.80. The Labute approximate surface area is 158 Å². The molecule has 4 heterocycles. The molecule has 2 aliphatic rings. The lowest BCUT2D eigenvalue weighted by Crippen LogP contribution is -2.33. The summed E-state index contributed by atoms with van der Waals surface area (Å²) >= 11 is 0. The molecule has 0 spiro atoms. The summed E-state index contributed by atoms with van der Waals surface area (Å²) in [6.07, 6.45) is 1.76. The molecule has 140 valence electrons. The van der Waals surface area contributed by atoms with Gasteiger partial charge in [-0.05, 0) is 30.9 Å². The predicted molar refractivity (Wildman–Crippen MR) is 102 cm³/mol. The van der Waals surface area contributed by atoms with Gasteiger partial charge in [-0.3, -0.25) is 0 Å². The Hall–Kier alpha value is -2.45. The molecule has 8 heteroatoms. The van der Waals surface area contributed by atoms with Gasteiger partial charge in [0.05, 0.1) is 11.1 Å². The molecule has 7 nitrogen and oxygen atoms in total. The first kappa shape index (κ1) is 16.7.